The molecular weight excluding hydrogens is 296 g/mol. The van der Waals surface area contributed by atoms with Gasteiger partial charge in [0, 0.05) is 19.1 Å². The van der Waals surface area contributed by atoms with Crippen molar-refractivity contribution in [1.29, 1.82) is 0 Å². The van der Waals surface area contributed by atoms with Crippen molar-refractivity contribution in [3.8, 4) is 5.75 Å². The smallest absolute Gasteiger partial charge is 0.119 e. The first-order chi connectivity index (χ1) is 10.1. The lowest BCUT2D eigenvalue weighted by atomic mass is 9.84. The number of hydrogen-bond acceptors (Lipinski definition) is 3. The summed E-state index contributed by atoms with van der Waals surface area (Å²) >= 11 is 0. The number of methoxy groups -OCH3 is 1. The Morgan fingerprint density at radius 3 is 2.91 bits per heavy atom. The predicted octanol–water partition coefficient (Wildman–Crippen LogP) is 3.43. The minimum atomic E-state index is 0. The van der Waals surface area contributed by atoms with E-state index in [1.54, 1.807) is 7.11 Å². The van der Waals surface area contributed by atoms with E-state index in [2.05, 4.69) is 42.4 Å². The van der Waals surface area contributed by atoms with Gasteiger partial charge < -0.3 is 10.1 Å². The van der Waals surface area contributed by atoms with Crippen LogP contribution in [-0.2, 0) is 6.42 Å². The van der Waals surface area contributed by atoms with Crippen molar-refractivity contribution in [3.05, 3.63) is 29.3 Å². The molecule has 1 aliphatic carbocycles. The maximum Gasteiger partial charge on any atom is 0.119 e. The molecule has 3 nitrogen and oxygen atoms in total. The van der Waals surface area contributed by atoms with E-state index in [0.717, 1.165) is 12.3 Å². The maximum absolute atomic E-state index is 5.38. The molecule has 0 aromatic heterocycles. The molecule has 3 rings (SSSR count). The van der Waals surface area contributed by atoms with E-state index in [-0.39, 0.29) is 12.4 Å². The lowest BCUT2D eigenvalue weighted by Crippen LogP contribution is -2.38. The number of rotatable bonds is 4. The third-order valence-corrected chi connectivity index (χ3v) is 5.25. The Morgan fingerprint density at radius 1 is 1.41 bits per heavy atom. The standard InChI is InChI=1S/C18H28N2O.ClH/c1-18(9-10-19-12-18)13-20(2)17-6-4-5-14-11-15(21-3)7-8-16(14)17;/h7-8,11,17,19H,4-6,9-10,12-13H2,1-3H3;1H. The summed E-state index contributed by atoms with van der Waals surface area (Å²) in [5, 5.41) is 3.51. The molecule has 0 radical (unpaired) electrons. The first-order valence-corrected chi connectivity index (χ1v) is 8.19. The molecule has 1 aliphatic heterocycles. The highest BCUT2D eigenvalue weighted by atomic mass is 35.5. The molecule has 0 bridgehead atoms. The first kappa shape index (κ1) is 17.6. The quantitative estimate of drug-likeness (QED) is 0.918. The molecule has 124 valence electrons. The van der Waals surface area contributed by atoms with Crippen molar-refractivity contribution in [1.82, 2.24) is 10.2 Å². The van der Waals surface area contributed by atoms with Gasteiger partial charge in [-0.1, -0.05) is 13.0 Å². The number of nitrogens with zero attached hydrogens (tertiary/aromatic N) is 1. The number of aryl methyl sites for hydroxylation is 1. The van der Waals surface area contributed by atoms with Crippen LogP contribution >= 0.6 is 12.4 Å². The van der Waals surface area contributed by atoms with Gasteiger partial charge in [0.15, 0.2) is 0 Å². The molecule has 0 saturated carbocycles. The molecule has 22 heavy (non-hydrogen) atoms. The van der Waals surface area contributed by atoms with Crippen LogP contribution in [0.15, 0.2) is 18.2 Å². The molecule has 2 unspecified atom stereocenters. The fourth-order valence-corrected chi connectivity index (χ4v) is 4.07. The second-order valence-corrected chi connectivity index (χ2v) is 7.13. The van der Waals surface area contributed by atoms with Crippen molar-refractivity contribution in [2.45, 2.75) is 38.6 Å². The topological polar surface area (TPSA) is 24.5 Å². The highest BCUT2D eigenvalue weighted by Crippen LogP contribution is 2.37. The zero-order chi connectivity index (χ0) is 14.9. The van der Waals surface area contributed by atoms with Gasteiger partial charge in [-0.3, -0.25) is 4.90 Å². The summed E-state index contributed by atoms with van der Waals surface area (Å²) in [7, 11) is 4.05. The maximum atomic E-state index is 5.38. The van der Waals surface area contributed by atoms with Crippen LogP contribution in [0.3, 0.4) is 0 Å². The molecule has 1 N–H and O–H groups in total. The van der Waals surface area contributed by atoms with Gasteiger partial charge in [0.25, 0.3) is 0 Å². The molecule has 1 heterocycles. The molecule has 0 spiro atoms. The zero-order valence-corrected chi connectivity index (χ0v) is 14.8. The number of halogens is 1. The molecule has 0 amide bonds. The van der Waals surface area contributed by atoms with Crippen LogP contribution in [0.2, 0.25) is 0 Å². The largest absolute Gasteiger partial charge is 0.497 e. The summed E-state index contributed by atoms with van der Waals surface area (Å²) in [5.74, 6) is 0.990. The zero-order valence-electron chi connectivity index (χ0n) is 14.0. The molecule has 1 aromatic rings. The predicted molar refractivity (Wildman–Crippen MR) is 94.1 cm³/mol. The van der Waals surface area contributed by atoms with Gasteiger partial charge in [-0.2, -0.15) is 0 Å². The van der Waals surface area contributed by atoms with E-state index in [4.69, 9.17) is 4.74 Å². The SMILES string of the molecule is COc1ccc2c(c1)CCCC2N(C)CC1(C)CCNC1.Cl. The van der Waals surface area contributed by atoms with Crippen molar-refractivity contribution in [2.75, 3.05) is 33.8 Å². The summed E-state index contributed by atoms with van der Waals surface area (Å²) in [5.41, 5.74) is 3.42. The number of ether oxygens (including phenoxy) is 1. The van der Waals surface area contributed by atoms with Crippen LogP contribution in [0.25, 0.3) is 0 Å². The van der Waals surface area contributed by atoms with Gasteiger partial charge in [0.05, 0.1) is 7.11 Å². The third-order valence-electron chi connectivity index (χ3n) is 5.25. The average molecular weight is 325 g/mol. The Balaban J connectivity index is 0.00000176. The Kier molecular flexibility index (Phi) is 5.76. The minimum absolute atomic E-state index is 0. The highest BCUT2D eigenvalue weighted by molar-refractivity contribution is 5.85. The van der Waals surface area contributed by atoms with Crippen LogP contribution < -0.4 is 10.1 Å². The van der Waals surface area contributed by atoms with Crippen LogP contribution in [0.4, 0.5) is 0 Å². The lowest BCUT2D eigenvalue weighted by Gasteiger charge is -2.38. The van der Waals surface area contributed by atoms with E-state index >= 15 is 0 Å². The van der Waals surface area contributed by atoms with Gasteiger partial charge in [-0.15, -0.1) is 12.4 Å². The lowest BCUT2D eigenvalue weighted by molar-refractivity contribution is 0.148. The molecular formula is C18H29ClN2O. The Bertz CT molecular complexity index is 500. The van der Waals surface area contributed by atoms with Crippen LogP contribution in [0.5, 0.6) is 5.75 Å². The van der Waals surface area contributed by atoms with Gasteiger partial charge >= 0.3 is 0 Å². The third kappa shape index (κ3) is 3.58. The van der Waals surface area contributed by atoms with E-state index in [0.29, 0.717) is 11.5 Å². The second-order valence-electron chi connectivity index (χ2n) is 7.13. The summed E-state index contributed by atoms with van der Waals surface area (Å²) < 4.78 is 5.38. The van der Waals surface area contributed by atoms with Gasteiger partial charge in [0.1, 0.15) is 5.75 Å². The molecule has 1 aromatic carbocycles. The van der Waals surface area contributed by atoms with Crippen LogP contribution in [-0.4, -0.2) is 38.7 Å². The summed E-state index contributed by atoms with van der Waals surface area (Å²) in [6, 6.07) is 7.19. The van der Waals surface area contributed by atoms with Gasteiger partial charge in [-0.05, 0) is 68.0 Å². The van der Waals surface area contributed by atoms with E-state index in [1.165, 1.54) is 49.9 Å². The Hall–Kier alpha value is -0.770. The first-order valence-electron chi connectivity index (χ1n) is 8.19. The summed E-state index contributed by atoms with van der Waals surface area (Å²) in [6.45, 7) is 5.92. The van der Waals surface area contributed by atoms with Gasteiger partial charge in [0.2, 0.25) is 0 Å². The fraction of sp³-hybridized carbons (Fsp3) is 0.667. The van der Waals surface area contributed by atoms with Crippen molar-refractivity contribution in [2.24, 2.45) is 5.41 Å². The van der Waals surface area contributed by atoms with Crippen LogP contribution in [0.1, 0.15) is 43.4 Å². The minimum Gasteiger partial charge on any atom is -0.497 e. The Morgan fingerprint density at radius 2 is 2.23 bits per heavy atom. The van der Waals surface area contributed by atoms with Crippen molar-refractivity contribution in [3.63, 3.8) is 0 Å². The van der Waals surface area contributed by atoms with Crippen molar-refractivity contribution < 1.29 is 4.74 Å². The van der Waals surface area contributed by atoms with E-state index in [1.807, 2.05) is 0 Å². The van der Waals surface area contributed by atoms with E-state index < -0.39 is 0 Å². The molecule has 2 atom stereocenters. The molecule has 1 fully saturated rings. The fourth-order valence-electron chi connectivity index (χ4n) is 4.07. The van der Waals surface area contributed by atoms with Crippen molar-refractivity contribution >= 4 is 12.4 Å². The van der Waals surface area contributed by atoms with E-state index in [9.17, 15) is 0 Å². The number of hydrogen-bond donors (Lipinski definition) is 1. The summed E-state index contributed by atoms with van der Waals surface area (Å²) in [6.07, 6.45) is 5.04. The number of benzene rings is 1. The molecule has 1 saturated heterocycles. The second kappa shape index (κ2) is 7.20. The van der Waals surface area contributed by atoms with Crippen LogP contribution in [0, 0.1) is 5.41 Å². The van der Waals surface area contributed by atoms with Gasteiger partial charge in [-0.25, -0.2) is 0 Å². The molecule has 4 heteroatoms. The summed E-state index contributed by atoms with van der Waals surface area (Å²) in [4.78, 5) is 2.58. The normalized spacial score (nSPS) is 27.4. The number of nitrogens with one attached hydrogen (secondary N) is 1. The monoisotopic (exact) mass is 324 g/mol. The highest BCUT2D eigenvalue weighted by Gasteiger charge is 2.33. The Labute approximate surface area is 140 Å². The molecule has 2 aliphatic rings. The number of fused-ring (bicyclic) bond motifs is 1. The average Bonchev–Trinajstić information content (AvgIpc) is 2.92.